The first-order valence-electron chi connectivity index (χ1n) is 20.9. The Hall–Kier alpha value is -6.82. The number of benzene rings is 2. The number of carbonyl (C=O) groups is 2. The maximum atomic E-state index is 12.8. The summed E-state index contributed by atoms with van der Waals surface area (Å²) in [4.78, 5) is 48.8. The number of hydrogen-bond donors (Lipinski definition) is 4. The Morgan fingerprint density at radius 2 is 0.950 bits per heavy atom. The van der Waals surface area contributed by atoms with E-state index in [9.17, 15) is 29.4 Å². The van der Waals surface area contributed by atoms with Crippen LogP contribution in [0.1, 0.15) is 129 Å². The number of aryl methyl sites for hydroxylation is 2. The Bertz CT molecular complexity index is 3060. The van der Waals surface area contributed by atoms with E-state index in [-0.39, 0.29) is 11.1 Å². The van der Waals surface area contributed by atoms with Gasteiger partial charge in [-0.3, -0.25) is 28.6 Å². The number of aromatic amines is 2. The number of nitrogens with one attached hydrogen (secondary N) is 2. The topological polar surface area (TPSA) is 175 Å². The first-order chi connectivity index (χ1) is 29.0. The second-order valence-corrected chi connectivity index (χ2v) is 17.2. The minimum atomic E-state index is -1.17. The van der Waals surface area contributed by atoms with Crippen LogP contribution in [0, 0.1) is 13.8 Å². The highest BCUT2D eigenvalue weighted by atomic mass is 16.4. The Morgan fingerprint density at radius 3 is 1.30 bits per heavy atom. The molecule has 0 aliphatic heterocycles. The van der Waals surface area contributed by atoms with Gasteiger partial charge < -0.3 is 10.2 Å². The summed E-state index contributed by atoms with van der Waals surface area (Å²) in [5, 5.41) is 36.6. The number of carboxylic acid groups (broad SMARTS) is 2. The molecule has 0 saturated heterocycles. The van der Waals surface area contributed by atoms with Crippen molar-refractivity contribution in [1.82, 2.24) is 29.2 Å². The van der Waals surface area contributed by atoms with Gasteiger partial charge in [-0.2, -0.15) is 10.2 Å². The molecule has 60 heavy (non-hydrogen) atoms. The minimum Gasteiger partial charge on any atom is -0.477 e. The Morgan fingerprint density at radius 1 is 0.567 bits per heavy atom. The molecular weight excluding hydrogens is 757 g/mol. The smallest absolute Gasteiger partial charge is 0.341 e. The van der Waals surface area contributed by atoms with Crippen LogP contribution in [0.4, 0.5) is 0 Å². The maximum Gasteiger partial charge on any atom is 0.341 e. The first-order valence-corrected chi connectivity index (χ1v) is 20.9. The van der Waals surface area contributed by atoms with Crippen LogP contribution in [0.3, 0.4) is 0 Å². The molecule has 12 nitrogen and oxygen atoms in total. The van der Waals surface area contributed by atoms with Gasteiger partial charge in [-0.25, -0.2) is 9.59 Å². The summed E-state index contributed by atoms with van der Waals surface area (Å²) in [6.45, 7) is 4.05. The first kappa shape index (κ1) is 36.3. The summed E-state index contributed by atoms with van der Waals surface area (Å²) in [6, 6.07) is 19.6. The molecule has 0 atom stereocenters. The molecule has 300 valence electrons. The van der Waals surface area contributed by atoms with Gasteiger partial charge in [-0.15, -0.1) is 0 Å². The van der Waals surface area contributed by atoms with Gasteiger partial charge in [0.05, 0.1) is 22.1 Å². The zero-order valence-electron chi connectivity index (χ0n) is 33.2. The molecule has 12 heteroatoms. The normalized spacial score (nSPS) is 16.4. The molecule has 6 heterocycles. The van der Waals surface area contributed by atoms with Gasteiger partial charge in [0.2, 0.25) is 0 Å². The number of hydrogen-bond acceptors (Lipinski definition) is 6. The summed E-state index contributed by atoms with van der Waals surface area (Å²) < 4.78 is 3.03. The molecule has 2 aromatic carbocycles. The van der Waals surface area contributed by atoms with Crippen LogP contribution in [-0.4, -0.2) is 51.3 Å². The van der Waals surface area contributed by atoms with Crippen LogP contribution in [0.2, 0.25) is 0 Å². The van der Waals surface area contributed by atoms with Crippen molar-refractivity contribution in [3.63, 3.8) is 0 Å². The third-order valence-corrected chi connectivity index (χ3v) is 13.1. The fraction of sp³-hybridized carbons (Fsp3) is 0.292. The van der Waals surface area contributed by atoms with E-state index in [1.165, 1.54) is 45.9 Å². The van der Waals surface area contributed by atoms with Crippen LogP contribution in [0.5, 0.6) is 0 Å². The van der Waals surface area contributed by atoms with E-state index >= 15 is 0 Å². The molecule has 0 bridgehead atoms. The monoisotopic (exact) mass is 798 g/mol. The van der Waals surface area contributed by atoms with Crippen molar-refractivity contribution in [1.29, 1.82) is 0 Å². The largest absolute Gasteiger partial charge is 0.477 e. The lowest BCUT2D eigenvalue weighted by molar-refractivity contribution is 0.0683. The molecule has 6 aromatic heterocycles. The van der Waals surface area contributed by atoms with Crippen LogP contribution in [0.15, 0.2) is 82.6 Å². The predicted octanol–water partition coefficient (Wildman–Crippen LogP) is 9.21. The van der Waals surface area contributed by atoms with Crippen molar-refractivity contribution in [3.05, 3.63) is 139 Å². The summed E-state index contributed by atoms with van der Waals surface area (Å²) >= 11 is 0. The van der Waals surface area contributed by atoms with Crippen molar-refractivity contribution in [2.75, 3.05) is 0 Å². The SMILES string of the molecule is Cc1c(-c2ccc3n[nH]c(C4CC4)c3c2)ccn2c(=O)c(C(=O)O)cc(C3CC3)c12.Cc1c(-c2ccc3n[nH]c(C4CC4)c3c2)ccn2c(=O)c(C(=O)O)cc(C3CC3)c12. The fourth-order valence-corrected chi connectivity index (χ4v) is 9.30. The molecular formula is C48H42N6O6. The van der Waals surface area contributed by atoms with Gasteiger partial charge >= 0.3 is 11.9 Å². The second kappa shape index (κ2) is 13.4. The van der Waals surface area contributed by atoms with E-state index in [1.54, 1.807) is 24.5 Å². The van der Waals surface area contributed by atoms with Crippen molar-refractivity contribution in [2.45, 2.75) is 88.9 Å². The van der Waals surface area contributed by atoms with Gasteiger partial charge in [0, 0.05) is 46.4 Å². The number of fused-ring (bicyclic) bond motifs is 4. The second-order valence-electron chi connectivity index (χ2n) is 17.2. The standard InChI is InChI=1S/2C24H21N3O3/c2*1-12-16(15-6-7-20-18(10-15)21(26-25-20)14-4-5-14)8-9-27-22(12)17(13-2-3-13)11-19(23(27)28)24(29)30/h2*6-11,13-14H,2-5H2,1H3,(H,25,26)(H,29,30). The molecule has 12 rings (SSSR count). The maximum absolute atomic E-state index is 12.8. The van der Waals surface area contributed by atoms with Gasteiger partial charge in [-0.05, 0) is 170 Å². The quantitative estimate of drug-likeness (QED) is 0.118. The van der Waals surface area contributed by atoms with E-state index < -0.39 is 23.1 Å². The zero-order chi connectivity index (χ0) is 41.1. The number of aromatic carboxylic acids is 2. The van der Waals surface area contributed by atoms with Crippen molar-refractivity contribution in [3.8, 4) is 22.3 Å². The summed E-state index contributed by atoms with van der Waals surface area (Å²) in [5.41, 5.74) is 13.0. The molecule has 0 unspecified atom stereocenters. The molecule has 4 fully saturated rings. The molecule has 4 saturated carbocycles. The highest BCUT2D eigenvalue weighted by molar-refractivity contribution is 5.93. The molecule has 4 aliphatic rings. The number of H-pyrrole nitrogens is 2. The molecule has 4 aliphatic carbocycles. The van der Waals surface area contributed by atoms with Crippen LogP contribution >= 0.6 is 0 Å². The van der Waals surface area contributed by atoms with Crippen LogP contribution < -0.4 is 11.1 Å². The average Bonchev–Trinajstić information content (AvgIpc) is 4.03. The Labute approximate surface area is 342 Å². The van der Waals surface area contributed by atoms with Crippen molar-refractivity contribution in [2.24, 2.45) is 0 Å². The fourth-order valence-electron chi connectivity index (χ4n) is 9.30. The molecule has 8 aromatic rings. The lowest BCUT2D eigenvalue weighted by Crippen LogP contribution is -2.23. The highest BCUT2D eigenvalue weighted by Crippen LogP contribution is 2.47. The number of carboxylic acids is 2. The number of nitrogens with zero attached hydrogens (tertiary/aromatic N) is 4. The Balaban J connectivity index is 0.000000136. The zero-order valence-corrected chi connectivity index (χ0v) is 33.2. The van der Waals surface area contributed by atoms with Gasteiger partial charge in [0.15, 0.2) is 0 Å². The van der Waals surface area contributed by atoms with E-state index in [4.69, 9.17) is 0 Å². The van der Waals surface area contributed by atoms with E-state index in [0.29, 0.717) is 23.7 Å². The van der Waals surface area contributed by atoms with Crippen LogP contribution in [-0.2, 0) is 0 Å². The van der Waals surface area contributed by atoms with Crippen molar-refractivity contribution >= 4 is 44.8 Å². The summed E-state index contributed by atoms with van der Waals surface area (Å²) in [5.74, 6) is -0.530. The van der Waals surface area contributed by atoms with E-state index in [0.717, 1.165) is 103 Å². The average molecular weight is 799 g/mol. The minimum absolute atomic E-state index is 0.157. The number of pyridine rings is 4. The lowest BCUT2D eigenvalue weighted by Gasteiger charge is -2.15. The highest BCUT2D eigenvalue weighted by Gasteiger charge is 2.32. The molecule has 4 N–H and O–H groups in total. The van der Waals surface area contributed by atoms with E-state index in [2.05, 4.69) is 44.7 Å². The third kappa shape index (κ3) is 5.95. The summed E-state index contributed by atoms with van der Waals surface area (Å²) in [7, 11) is 0. The molecule has 0 spiro atoms. The molecule has 0 radical (unpaired) electrons. The number of aromatic nitrogens is 6. The number of rotatable bonds is 8. The van der Waals surface area contributed by atoms with Gasteiger partial charge in [-0.1, -0.05) is 12.1 Å². The third-order valence-electron chi connectivity index (χ3n) is 13.1. The lowest BCUT2D eigenvalue weighted by atomic mass is 9.95. The van der Waals surface area contributed by atoms with E-state index in [1.807, 2.05) is 38.1 Å². The van der Waals surface area contributed by atoms with Crippen molar-refractivity contribution < 1.29 is 19.8 Å². The van der Waals surface area contributed by atoms with Gasteiger partial charge in [0.25, 0.3) is 11.1 Å². The predicted molar refractivity (Wildman–Crippen MR) is 229 cm³/mol. The Kier molecular flexibility index (Phi) is 8.07. The molecule has 0 amide bonds. The summed E-state index contributed by atoms with van der Waals surface area (Å²) in [6.07, 6.45) is 12.4. The van der Waals surface area contributed by atoms with Gasteiger partial charge in [0.1, 0.15) is 11.1 Å². The van der Waals surface area contributed by atoms with Crippen LogP contribution in [0.25, 0.3) is 55.1 Å².